The molecule has 2 heteroatoms. The normalized spacial score (nSPS) is 34.1. The zero-order valence-corrected chi connectivity index (χ0v) is 8.79. The molecule has 0 aromatic carbocycles. The van der Waals surface area contributed by atoms with Crippen LogP contribution in [0.3, 0.4) is 0 Å². The van der Waals surface area contributed by atoms with Gasteiger partial charge in [0, 0.05) is 19.0 Å². The molecule has 2 aliphatic carbocycles. The lowest BCUT2D eigenvalue weighted by molar-refractivity contribution is -0.133. The van der Waals surface area contributed by atoms with E-state index >= 15 is 0 Å². The first-order chi connectivity index (χ1) is 6.11. The highest BCUT2D eigenvalue weighted by Gasteiger charge is 2.43. The van der Waals surface area contributed by atoms with E-state index in [0.29, 0.717) is 23.8 Å². The van der Waals surface area contributed by atoms with Crippen molar-refractivity contribution in [3.8, 4) is 0 Å². The molecule has 2 rings (SSSR count). The summed E-state index contributed by atoms with van der Waals surface area (Å²) in [6.07, 6.45) is 3.75. The van der Waals surface area contributed by atoms with E-state index < -0.39 is 0 Å². The number of rotatable bonds is 3. The Morgan fingerprint density at radius 3 is 2.38 bits per heavy atom. The second-order valence-corrected chi connectivity index (χ2v) is 4.85. The van der Waals surface area contributed by atoms with E-state index in [0.717, 1.165) is 12.3 Å². The van der Waals surface area contributed by atoms with Gasteiger partial charge in [-0.2, -0.15) is 0 Å². The molecular weight excluding hydrogens is 162 g/mol. The summed E-state index contributed by atoms with van der Waals surface area (Å²) in [6.45, 7) is 4.35. The molecule has 2 aliphatic rings. The molecule has 0 radical (unpaired) electrons. The van der Waals surface area contributed by atoms with Crippen LogP contribution in [-0.4, -0.2) is 23.9 Å². The maximum Gasteiger partial charge on any atom is 0.225 e. The fourth-order valence-electron chi connectivity index (χ4n) is 2.02. The molecule has 0 aromatic heterocycles. The maximum atomic E-state index is 11.8. The third-order valence-corrected chi connectivity index (χ3v) is 3.69. The predicted molar refractivity (Wildman–Crippen MR) is 52.2 cm³/mol. The third kappa shape index (κ3) is 1.72. The van der Waals surface area contributed by atoms with Gasteiger partial charge in [0.2, 0.25) is 5.91 Å². The van der Waals surface area contributed by atoms with Crippen molar-refractivity contribution in [1.29, 1.82) is 0 Å². The molecule has 0 bridgehead atoms. The number of carbonyl (C=O) groups excluding carboxylic acids is 1. The smallest absolute Gasteiger partial charge is 0.225 e. The lowest BCUT2D eigenvalue weighted by Crippen LogP contribution is -2.37. The van der Waals surface area contributed by atoms with Crippen LogP contribution in [0.1, 0.15) is 33.1 Å². The molecule has 2 nitrogen and oxygen atoms in total. The highest BCUT2D eigenvalue weighted by molar-refractivity contribution is 5.81. The van der Waals surface area contributed by atoms with Crippen molar-refractivity contribution in [2.75, 3.05) is 7.05 Å². The van der Waals surface area contributed by atoms with Crippen LogP contribution in [-0.2, 0) is 4.79 Å². The average molecular weight is 181 g/mol. The molecule has 2 fully saturated rings. The molecular formula is C11H19NO. The molecule has 0 unspecified atom stereocenters. The van der Waals surface area contributed by atoms with Crippen LogP contribution in [0.5, 0.6) is 0 Å². The quantitative estimate of drug-likeness (QED) is 0.651. The lowest BCUT2D eigenvalue weighted by atomic mass is 10.1. The van der Waals surface area contributed by atoms with E-state index in [2.05, 4.69) is 13.8 Å². The fraction of sp³-hybridized carbons (Fsp3) is 0.909. The monoisotopic (exact) mass is 181 g/mol. The Kier molecular flexibility index (Phi) is 2.09. The van der Waals surface area contributed by atoms with Gasteiger partial charge in [-0.3, -0.25) is 4.79 Å². The summed E-state index contributed by atoms with van der Waals surface area (Å²) in [6, 6.07) is 0.472. The number of hydrogen-bond donors (Lipinski definition) is 0. The Balaban J connectivity index is 1.87. The third-order valence-electron chi connectivity index (χ3n) is 3.69. The van der Waals surface area contributed by atoms with Crippen LogP contribution in [0.25, 0.3) is 0 Å². The molecule has 0 saturated heterocycles. The molecule has 0 spiro atoms. The zero-order chi connectivity index (χ0) is 9.59. The minimum Gasteiger partial charge on any atom is -0.343 e. The highest BCUT2D eigenvalue weighted by atomic mass is 16.2. The summed E-state index contributed by atoms with van der Waals surface area (Å²) in [7, 11) is 1.97. The molecule has 0 N–H and O–H groups in total. The Morgan fingerprint density at radius 2 is 2.00 bits per heavy atom. The average Bonchev–Trinajstić information content (AvgIpc) is 2.93. The molecule has 1 amide bonds. The molecule has 0 aliphatic heterocycles. The van der Waals surface area contributed by atoms with Gasteiger partial charge in [0.25, 0.3) is 0 Å². The molecule has 0 aromatic rings. The van der Waals surface area contributed by atoms with Gasteiger partial charge in [0.05, 0.1) is 0 Å². The molecule has 2 saturated carbocycles. The maximum absolute atomic E-state index is 11.8. The van der Waals surface area contributed by atoms with Crippen LogP contribution in [0.2, 0.25) is 0 Å². The summed E-state index contributed by atoms with van der Waals surface area (Å²) in [5.41, 5.74) is 0. The number of nitrogens with zero attached hydrogens (tertiary/aromatic N) is 1. The second kappa shape index (κ2) is 3.00. The van der Waals surface area contributed by atoms with Crippen molar-refractivity contribution >= 4 is 5.91 Å². The van der Waals surface area contributed by atoms with E-state index in [9.17, 15) is 4.79 Å². The van der Waals surface area contributed by atoms with Crippen molar-refractivity contribution in [2.24, 2.45) is 17.8 Å². The van der Waals surface area contributed by atoms with Crippen LogP contribution >= 0.6 is 0 Å². The molecule has 13 heavy (non-hydrogen) atoms. The standard InChI is InChI=1S/C11H19NO/c1-7-6-10(7)11(13)12(3)8(2)9-4-5-9/h7-10H,4-6H2,1-3H3/t7-,8-,10-/m1/s1. The van der Waals surface area contributed by atoms with Gasteiger partial charge in [-0.15, -0.1) is 0 Å². The second-order valence-electron chi connectivity index (χ2n) is 4.85. The number of amides is 1. The summed E-state index contributed by atoms with van der Waals surface area (Å²) < 4.78 is 0. The molecule has 74 valence electrons. The first-order valence-electron chi connectivity index (χ1n) is 5.38. The van der Waals surface area contributed by atoms with Crippen LogP contribution in [0.4, 0.5) is 0 Å². The highest BCUT2D eigenvalue weighted by Crippen LogP contribution is 2.41. The van der Waals surface area contributed by atoms with Gasteiger partial charge in [-0.25, -0.2) is 0 Å². The lowest BCUT2D eigenvalue weighted by Gasteiger charge is -2.25. The fourth-order valence-corrected chi connectivity index (χ4v) is 2.02. The summed E-state index contributed by atoms with van der Waals surface area (Å²) in [5, 5.41) is 0. The first kappa shape index (κ1) is 9.04. The van der Waals surface area contributed by atoms with Gasteiger partial charge in [-0.1, -0.05) is 6.92 Å². The summed E-state index contributed by atoms with van der Waals surface area (Å²) in [5.74, 6) is 2.17. The molecule has 3 atom stereocenters. The van der Waals surface area contributed by atoms with Gasteiger partial charge in [0.15, 0.2) is 0 Å². The van der Waals surface area contributed by atoms with Crippen molar-refractivity contribution < 1.29 is 4.79 Å². The van der Waals surface area contributed by atoms with Crippen LogP contribution in [0, 0.1) is 17.8 Å². The van der Waals surface area contributed by atoms with Gasteiger partial charge in [0.1, 0.15) is 0 Å². The van der Waals surface area contributed by atoms with Gasteiger partial charge in [-0.05, 0) is 38.0 Å². The Labute approximate surface area is 80.3 Å². The summed E-state index contributed by atoms with van der Waals surface area (Å²) in [4.78, 5) is 13.8. The van der Waals surface area contributed by atoms with Crippen LogP contribution in [0.15, 0.2) is 0 Å². The van der Waals surface area contributed by atoms with E-state index in [1.165, 1.54) is 12.8 Å². The van der Waals surface area contributed by atoms with E-state index in [4.69, 9.17) is 0 Å². The van der Waals surface area contributed by atoms with Crippen molar-refractivity contribution in [3.63, 3.8) is 0 Å². The Hall–Kier alpha value is -0.530. The number of hydrogen-bond acceptors (Lipinski definition) is 1. The predicted octanol–water partition coefficient (Wildman–Crippen LogP) is 1.90. The Morgan fingerprint density at radius 1 is 1.46 bits per heavy atom. The van der Waals surface area contributed by atoms with Crippen molar-refractivity contribution in [2.45, 2.75) is 39.2 Å². The largest absolute Gasteiger partial charge is 0.343 e. The SMILES string of the molecule is C[C@@H]1C[C@H]1C(=O)N(C)[C@H](C)C1CC1. The van der Waals surface area contributed by atoms with E-state index in [-0.39, 0.29) is 0 Å². The summed E-state index contributed by atoms with van der Waals surface area (Å²) >= 11 is 0. The number of carbonyl (C=O) groups is 1. The van der Waals surface area contributed by atoms with Crippen LogP contribution < -0.4 is 0 Å². The minimum atomic E-state index is 0.353. The van der Waals surface area contributed by atoms with Crippen molar-refractivity contribution in [3.05, 3.63) is 0 Å². The van der Waals surface area contributed by atoms with Crippen molar-refractivity contribution in [1.82, 2.24) is 4.90 Å². The van der Waals surface area contributed by atoms with Gasteiger partial charge < -0.3 is 4.90 Å². The minimum absolute atomic E-state index is 0.353. The van der Waals surface area contributed by atoms with Gasteiger partial charge >= 0.3 is 0 Å². The molecule has 0 heterocycles. The topological polar surface area (TPSA) is 20.3 Å². The van der Waals surface area contributed by atoms with E-state index in [1.807, 2.05) is 11.9 Å². The Bertz CT molecular complexity index is 222. The zero-order valence-electron chi connectivity index (χ0n) is 8.79. The van der Waals surface area contributed by atoms with E-state index in [1.54, 1.807) is 0 Å². The first-order valence-corrected chi connectivity index (χ1v) is 5.38.